The van der Waals surface area contributed by atoms with Gasteiger partial charge in [0, 0.05) is 25.0 Å². The van der Waals surface area contributed by atoms with E-state index < -0.39 is 0 Å². The predicted octanol–water partition coefficient (Wildman–Crippen LogP) is 2.09. The van der Waals surface area contributed by atoms with E-state index in [-0.39, 0.29) is 0 Å². The summed E-state index contributed by atoms with van der Waals surface area (Å²) in [6.07, 6.45) is 6.15. The van der Waals surface area contributed by atoms with Crippen molar-refractivity contribution in [2.45, 2.75) is 19.8 Å². The highest BCUT2D eigenvalue weighted by atomic mass is 79.9. The van der Waals surface area contributed by atoms with Gasteiger partial charge >= 0.3 is 0 Å². The molecule has 0 unspecified atom stereocenters. The molecule has 0 N–H and O–H groups in total. The standard InChI is InChI=1S/C9H14BrN3/c1-8(4-3-5-10)6-9-7-13(2)12-11-9/h4,7H,3,5-6H2,1-2H3. The maximum Gasteiger partial charge on any atom is 0.0867 e. The van der Waals surface area contributed by atoms with Crippen LogP contribution < -0.4 is 0 Å². The quantitative estimate of drug-likeness (QED) is 0.599. The molecule has 13 heavy (non-hydrogen) atoms. The lowest BCUT2D eigenvalue weighted by molar-refractivity contribution is 0.713. The minimum absolute atomic E-state index is 0.904. The molecule has 0 bridgehead atoms. The van der Waals surface area contributed by atoms with Crippen LogP contribution in [-0.2, 0) is 13.5 Å². The molecule has 1 heterocycles. The van der Waals surface area contributed by atoms with Gasteiger partial charge in [-0.05, 0) is 13.3 Å². The molecule has 1 aromatic heterocycles. The fraction of sp³-hybridized carbons (Fsp3) is 0.556. The van der Waals surface area contributed by atoms with Gasteiger partial charge in [-0.25, -0.2) is 0 Å². The second-order valence-corrected chi connectivity index (χ2v) is 3.88. The van der Waals surface area contributed by atoms with Crippen molar-refractivity contribution in [2.24, 2.45) is 7.05 Å². The topological polar surface area (TPSA) is 30.7 Å². The Kier molecular flexibility index (Phi) is 4.15. The molecular formula is C9H14BrN3. The van der Waals surface area contributed by atoms with E-state index in [1.165, 1.54) is 5.57 Å². The molecule has 0 saturated carbocycles. The van der Waals surface area contributed by atoms with Crippen molar-refractivity contribution >= 4 is 15.9 Å². The van der Waals surface area contributed by atoms with Gasteiger partial charge in [0.15, 0.2) is 0 Å². The summed E-state index contributed by atoms with van der Waals surface area (Å²) in [6, 6.07) is 0. The summed E-state index contributed by atoms with van der Waals surface area (Å²) in [7, 11) is 1.88. The third kappa shape index (κ3) is 3.72. The van der Waals surface area contributed by atoms with Crippen molar-refractivity contribution in [3.63, 3.8) is 0 Å². The first kappa shape index (κ1) is 10.4. The van der Waals surface area contributed by atoms with E-state index in [9.17, 15) is 0 Å². The van der Waals surface area contributed by atoms with Gasteiger partial charge in [-0.2, -0.15) is 0 Å². The summed E-state index contributed by atoms with van der Waals surface area (Å²) in [5.41, 5.74) is 2.38. The van der Waals surface area contributed by atoms with E-state index in [1.807, 2.05) is 13.2 Å². The summed E-state index contributed by atoms with van der Waals surface area (Å²) in [5.74, 6) is 0. The molecule has 0 aliphatic heterocycles. The molecule has 0 aromatic carbocycles. The van der Waals surface area contributed by atoms with Crippen molar-refractivity contribution in [3.05, 3.63) is 23.5 Å². The first-order valence-electron chi connectivity index (χ1n) is 4.29. The first-order valence-corrected chi connectivity index (χ1v) is 5.41. The summed E-state index contributed by atoms with van der Waals surface area (Å²) >= 11 is 3.39. The fourth-order valence-corrected chi connectivity index (χ4v) is 1.36. The van der Waals surface area contributed by atoms with Crippen LogP contribution in [0.5, 0.6) is 0 Å². The third-order valence-electron chi connectivity index (χ3n) is 1.71. The number of rotatable bonds is 4. The SMILES string of the molecule is CC(=CCCBr)Cc1cn(C)nn1. The Bertz CT molecular complexity index is 291. The van der Waals surface area contributed by atoms with Crippen molar-refractivity contribution < 1.29 is 0 Å². The molecule has 3 nitrogen and oxygen atoms in total. The molecular weight excluding hydrogens is 230 g/mol. The summed E-state index contributed by atoms with van der Waals surface area (Å²) in [6.45, 7) is 2.12. The molecule has 0 amide bonds. The molecule has 0 aliphatic carbocycles. The van der Waals surface area contributed by atoms with Gasteiger partial charge in [0.25, 0.3) is 0 Å². The lowest BCUT2D eigenvalue weighted by atomic mass is 10.1. The monoisotopic (exact) mass is 243 g/mol. The second kappa shape index (κ2) is 5.17. The molecule has 4 heteroatoms. The normalized spacial score (nSPS) is 12.1. The van der Waals surface area contributed by atoms with Gasteiger partial charge in [-0.3, -0.25) is 4.68 Å². The molecule has 1 rings (SSSR count). The smallest absolute Gasteiger partial charge is 0.0867 e. The van der Waals surface area contributed by atoms with E-state index in [2.05, 4.69) is 39.2 Å². The molecule has 0 aliphatic rings. The van der Waals surface area contributed by atoms with Crippen LogP contribution in [-0.4, -0.2) is 20.3 Å². The van der Waals surface area contributed by atoms with E-state index in [4.69, 9.17) is 0 Å². The number of allylic oxidation sites excluding steroid dienone is 2. The lowest BCUT2D eigenvalue weighted by Crippen LogP contribution is -1.87. The van der Waals surface area contributed by atoms with Gasteiger partial charge in [0.05, 0.1) is 5.69 Å². The van der Waals surface area contributed by atoms with Crippen LogP contribution in [0.25, 0.3) is 0 Å². The lowest BCUT2D eigenvalue weighted by Gasteiger charge is -1.95. The summed E-state index contributed by atoms with van der Waals surface area (Å²) < 4.78 is 1.73. The number of aromatic nitrogens is 3. The van der Waals surface area contributed by atoms with Crippen LogP contribution in [0, 0.1) is 0 Å². The molecule has 0 spiro atoms. The number of hydrogen-bond donors (Lipinski definition) is 0. The highest BCUT2D eigenvalue weighted by molar-refractivity contribution is 9.09. The third-order valence-corrected chi connectivity index (χ3v) is 2.17. The molecule has 0 atom stereocenters. The Morgan fingerprint density at radius 2 is 2.46 bits per heavy atom. The van der Waals surface area contributed by atoms with Gasteiger partial charge in [0.2, 0.25) is 0 Å². The van der Waals surface area contributed by atoms with E-state index >= 15 is 0 Å². The van der Waals surface area contributed by atoms with Gasteiger partial charge in [-0.1, -0.05) is 32.8 Å². The first-order chi connectivity index (χ1) is 6.22. The Morgan fingerprint density at radius 1 is 1.69 bits per heavy atom. The minimum Gasteiger partial charge on any atom is -0.255 e. The number of aryl methyl sites for hydroxylation is 1. The van der Waals surface area contributed by atoms with Crippen LogP contribution in [0.2, 0.25) is 0 Å². The zero-order valence-corrected chi connectivity index (χ0v) is 9.58. The van der Waals surface area contributed by atoms with Crippen LogP contribution in [0.1, 0.15) is 19.0 Å². The Morgan fingerprint density at radius 3 is 3.00 bits per heavy atom. The van der Waals surface area contributed by atoms with Gasteiger partial charge in [-0.15, -0.1) is 5.10 Å². The average molecular weight is 244 g/mol. The van der Waals surface area contributed by atoms with Gasteiger partial charge < -0.3 is 0 Å². The van der Waals surface area contributed by atoms with Crippen molar-refractivity contribution in [3.8, 4) is 0 Å². The maximum atomic E-state index is 4.02. The van der Waals surface area contributed by atoms with Crippen LogP contribution in [0.4, 0.5) is 0 Å². The highest BCUT2D eigenvalue weighted by Crippen LogP contribution is 2.05. The van der Waals surface area contributed by atoms with Crippen LogP contribution in [0.3, 0.4) is 0 Å². The fourth-order valence-electron chi connectivity index (χ4n) is 1.14. The largest absolute Gasteiger partial charge is 0.255 e. The second-order valence-electron chi connectivity index (χ2n) is 3.09. The van der Waals surface area contributed by atoms with E-state index in [0.29, 0.717) is 0 Å². The number of halogens is 1. The van der Waals surface area contributed by atoms with E-state index in [1.54, 1.807) is 4.68 Å². The maximum absolute atomic E-state index is 4.02. The summed E-state index contributed by atoms with van der Waals surface area (Å²) in [4.78, 5) is 0. The number of hydrogen-bond acceptors (Lipinski definition) is 2. The minimum atomic E-state index is 0.904. The molecule has 72 valence electrons. The summed E-state index contributed by atoms with van der Waals surface area (Å²) in [5, 5.41) is 8.92. The van der Waals surface area contributed by atoms with Crippen molar-refractivity contribution in [2.75, 3.05) is 5.33 Å². The Balaban J connectivity index is 2.49. The van der Waals surface area contributed by atoms with Crippen LogP contribution >= 0.6 is 15.9 Å². The average Bonchev–Trinajstić information content (AvgIpc) is 2.48. The van der Waals surface area contributed by atoms with Crippen molar-refractivity contribution in [1.82, 2.24) is 15.0 Å². The zero-order valence-electron chi connectivity index (χ0n) is 8.00. The zero-order chi connectivity index (χ0) is 9.68. The molecule has 1 aromatic rings. The molecule has 0 fully saturated rings. The Hall–Kier alpha value is -0.640. The van der Waals surface area contributed by atoms with Crippen molar-refractivity contribution in [1.29, 1.82) is 0 Å². The highest BCUT2D eigenvalue weighted by Gasteiger charge is 1.98. The molecule has 0 radical (unpaired) electrons. The molecule has 0 saturated heterocycles. The number of alkyl halides is 1. The van der Waals surface area contributed by atoms with Gasteiger partial charge in [0.1, 0.15) is 0 Å². The predicted molar refractivity (Wildman–Crippen MR) is 56.9 cm³/mol. The number of nitrogens with zero attached hydrogens (tertiary/aromatic N) is 3. The van der Waals surface area contributed by atoms with Crippen LogP contribution in [0.15, 0.2) is 17.8 Å². The Labute approximate surface area is 87.0 Å². The van der Waals surface area contributed by atoms with E-state index in [0.717, 1.165) is 23.9 Å².